The molecule has 0 aliphatic rings. The van der Waals surface area contributed by atoms with Crippen LogP contribution in [0.1, 0.15) is 25.5 Å². The smallest absolute Gasteiger partial charge is 0.119 e. The Labute approximate surface area is 92.1 Å². The van der Waals surface area contributed by atoms with Gasteiger partial charge in [0.15, 0.2) is 0 Å². The summed E-state index contributed by atoms with van der Waals surface area (Å²) in [5.41, 5.74) is 0.923. The Hall–Kier alpha value is -0.290. The number of aliphatic hydroxyl groups is 1. The zero-order valence-corrected chi connectivity index (χ0v) is 9.91. The summed E-state index contributed by atoms with van der Waals surface area (Å²) in [5, 5.41) is 9.44. The Morgan fingerprint density at radius 3 is 2.77 bits per heavy atom. The first-order valence-corrected chi connectivity index (χ1v) is 5.33. The first-order valence-electron chi connectivity index (χ1n) is 4.25. The second-order valence-electron chi connectivity index (χ2n) is 2.79. The van der Waals surface area contributed by atoms with Crippen molar-refractivity contribution < 1.29 is 9.84 Å². The second-order valence-corrected chi connectivity index (χ2v) is 3.95. The Balaban J connectivity index is 2.97. The van der Waals surface area contributed by atoms with Crippen LogP contribution in [0.25, 0.3) is 0 Å². The fourth-order valence-electron chi connectivity index (χ4n) is 1.10. The van der Waals surface area contributed by atoms with Gasteiger partial charge >= 0.3 is 0 Å². The number of halogens is 1. The highest BCUT2D eigenvalue weighted by Crippen LogP contribution is 2.24. The number of rotatable bonds is 3. The first kappa shape index (κ1) is 10.8. The molecular weight excluding hydrogens is 279 g/mol. The average molecular weight is 292 g/mol. The normalized spacial score (nSPS) is 12.6. The van der Waals surface area contributed by atoms with Crippen molar-refractivity contribution in [2.24, 2.45) is 0 Å². The molecule has 0 aliphatic heterocycles. The fraction of sp³-hybridized carbons (Fsp3) is 0.400. The van der Waals surface area contributed by atoms with Crippen LogP contribution < -0.4 is 4.74 Å². The molecule has 0 spiro atoms. The molecule has 0 aromatic heterocycles. The molecule has 72 valence electrons. The number of aliphatic hydroxyl groups excluding tert-OH is 1. The molecule has 0 amide bonds. The van der Waals surface area contributed by atoms with E-state index in [2.05, 4.69) is 22.6 Å². The molecule has 0 aliphatic carbocycles. The maximum absolute atomic E-state index is 9.44. The van der Waals surface area contributed by atoms with Crippen LogP contribution in [0.3, 0.4) is 0 Å². The van der Waals surface area contributed by atoms with Gasteiger partial charge in [-0.25, -0.2) is 0 Å². The van der Waals surface area contributed by atoms with Crippen LogP contribution in [0.2, 0.25) is 0 Å². The van der Waals surface area contributed by atoms with Crippen LogP contribution in [0.15, 0.2) is 18.2 Å². The lowest BCUT2D eigenvalue weighted by atomic mass is 10.1. The van der Waals surface area contributed by atoms with Gasteiger partial charge in [0.1, 0.15) is 5.75 Å². The molecule has 1 atom stereocenters. The van der Waals surface area contributed by atoms with E-state index in [-0.39, 0.29) is 0 Å². The van der Waals surface area contributed by atoms with Crippen LogP contribution in [0, 0.1) is 3.57 Å². The molecule has 0 saturated carbocycles. The monoisotopic (exact) mass is 292 g/mol. The van der Waals surface area contributed by atoms with E-state index in [1.165, 1.54) is 0 Å². The summed E-state index contributed by atoms with van der Waals surface area (Å²) < 4.78 is 6.40. The molecule has 1 rings (SSSR count). The topological polar surface area (TPSA) is 29.5 Å². The van der Waals surface area contributed by atoms with Gasteiger partial charge in [-0.3, -0.25) is 0 Å². The molecule has 1 N–H and O–H groups in total. The van der Waals surface area contributed by atoms with Gasteiger partial charge in [-0.15, -0.1) is 0 Å². The molecule has 2 nitrogen and oxygen atoms in total. The van der Waals surface area contributed by atoms with E-state index in [1.54, 1.807) is 6.92 Å². The van der Waals surface area contributed by atoms with Crippen molar-refractivity contribution in [3.8, 4) is 5.75 Å². The van der Waals surface area contributed by atoms with Crippen LogP contribution in [0.5, 0.6) is 5.75 Å². The van der Waals surface area contributed by atoms with Crippen molar-refractivity contribution in [2.75, 3.05) is 6.61 Å². The molecular formula is C10H13IO2. The van der Waals surface area contributed by atoms with E-state index in [9.17, 15) is 5.11 Å². The van der Waals surface area contributed by atoms with Crippen LogP contribution in [0.4, 0.5) is 0 Å². The quantitative estimate of drug-likeness (QED) is 0.868. The van der Waals surface area contributed by atoms with Crippen molar-refractivity contribution in [2.45, 2.75) is 20.0 Å². The number of ether oxygens (including phenoxy) is 1. The van der Waals surface area contributed by atoms with Crippen molar-refractivity contribution in [3.05, 3.63) is 27.3 Å². The lowest BCUT2D eigenvalue weighted by Crippen LogP contribution is -1.97. The predicted molar refractivity (Wildman–Crippen MR) is 61.0 cm³/mol. The molecule has 0 bridgehead atoms. The molecule has 1 unspecified atom stereocenters. The van der Waals surface area contributed by atoms with Crippen LogP contribution in [-0.2, 0) is 0 Å². The van der Waals surface area contributed by atoms with Crippen molar-refractivity contribution in [3.63, 3.8) is 0 Å². The highest BCUT2D eigenvalue weighted by Gasteiger charge is 2.06. The summed E-state index contributed by atoms with van der Waals surface area (Å²) in [7, 11) is 0. The van der Waals surface area contributed by atoms with Gasteiger partial charge in [0.25, 0.3) is 0 Å². The molecule has 0 heterocycles. The van der Waals surface area contributed by atoms with E-state index in [4.69, 9.17) is 4.74 Å². The third kappa shape index (κ3) is 2.84. The maximum Gasteiger partial charge on any atom is 0.119 e. The highest BCUT2D eigenvalue weighted by atomic mass is 127. The largest absolute Gasteiger partial charge is 0.494 e. The zero-order chi connectivity index (χ0) is 9.84. The van der Waals surface area contributed by atoms with Gasteiger partial charge in [-0.1, -0.05) is 0 Å². The zero-order valence-electron chi connectivity index (χ0n) is 7.75. The molecule has 13 heavy (non-hydrogen) atoms. The summed E-state index contributed by atoms with van der Waals surface area (Å²) in [5.74, 6) is 0.818. The summed E-state index contributed by atoms with van der Waals surface area (Å²) in [6.07, 6.45) is -0.438. The standard InChI is InChI=1S/C10H13IO2/c1-3-13-8-4-5-10(11)9(6-8)7(2)12/h4-7,12H,3H2,1-2H3. The minimum absolute atomic E-state index is 0.438. The third-order valence-corrected chi connectivity index (χ3v) is 2.71. The summed E-state index contributed by atoms with van der Waals surface area (Å²) in [6.45, 7) is 4.35. The molecule has 1 aromatic carbocycles. The predicted octanol–water partition coefficient (Wildman–Crippen LogP) is 2.74. The average Bonchev–Trinajstić information content (AvgIpc) is 2.08. The fourth-order valence-corrected chi connectivity index (χ4v) is 1.88. The third-order valence-electron chi connectivity index (χ3n) is 1.73. The number of benzene rings is 1. The van der Waals surface area contributed by atoms with E-state index in [0.29, 0.717) is 6.61 Å². The first-order chi connectivity index (χ1) is 6.15. The Morgan fingerprint density at radius 2 is 2.23 bits per heavy atom. The molecule has 1 aromatic rings. The molecule has 0 saturated heterocycles. The summed E-state index contributed by atoms with van der Waals surface area (Å²) in [4.78, 5) is 0. The van der Waals surface area contributed by atoms with Gasteiger partial charge in [0.05, 0.1) is 12.7 Å². The van der Waals surface area contributed by atoms with E-state index in [1.807, 2.05) is 25.1 Å². The summed E-state index contributed by atoms with van der Waals surface area (Å²) in [6, 6.07) is 5.75. The minimum Gasteiger partial charge on any atom is -0.494 e. The van der Waals surface area contributed by atoms with Crippen LogP contribution >= 0.6 is 22.6 Å². The van der Waals surface area contributed by atoms with E-state index in [0.717, 1.165) is 14.9 Å². The molecule has 3 heteroatoms. The minimum atomic E-state index is -0.438. The maximum atomic E-state index is 9.44. The van der Waals surface area contributed by atoms with Crippen LogP contribution in [-0.4, -0.2) is 11.7 Å². The van der Waals surface area contributed by atoms with Gasteiger partial charge in [0.2, 0.25) is 0 Å². The summed E-state index contributed by atoms with van der Waals surface area (Å²) >= 11 is 2.21. The lowest BCUT2D eigenvalue weighted by molar-refractivity contribution is 0.197. The van der Waals surface area contributed by atoms with Gasteiger partial charge in [-0.05, 0) is 60.2 Å². The molecule has 0 fully saturated rings. The Bertz CT molecular complexity index is 284. The molecule has 0 radical (unpaired) electrons. The van der Waals surface area contributed by atoms with E-state index >= 15 is 0 Å². The van der Waals surface area contributed by atoms with Crippen molar-refractivity contribution >= 4 is 22.6 Å². The number of hydrogen-bond donors (Lipinski definition) is 1. The Kier molecular flexibility index (Phi) is 3.99. The number of hydrogen-bond acceptors (Lipinski definition) is 2. The Morgan fingerprint density at radius 1 is 1.54 bits per heavy atom. The second kappa shape index (κ2) is 4.81. The van der Waals surface area contributed by atoms with Gasteiger partial charge in [-0.2, -0.15) is 0 Å². The highest BCUT2D eigenvalue weighted by molar-refractivity contribution is 14.1. The van der Waals surface area contributed by atoms with Gasteiger partial charge < -0.3 is 9.84 Å². The SMILES string of the molecule is CCOc1ccc(I)c(C(C)O)c1. The van der Waals surface area contributed by atoms with Gasteiger partial charge in [0, 0.05) is 3.57 Å². The van der Waals surface area contributed by atoms with E-state index < -0.39 is 6.10 Å². The van der Waals surface area contributed by atoms with Crippen molar-refractivity contribution in [1.29, 1.82) is 0 Å². The van der Waals surface area contributed by atoms with Crippen molar-refractivity contribution in [1.82, 2.24) is 0 Å². The lowest BCUT2D eigenvalue weighted by Gasteiger charge is -2.10.